The van der Waals surface area contributed by atoms with Crippen molar-refractivity contribution in [3.8, 4) is 0 Å². The fourth-order valence-corrected chi connectivity index (χ4v) is 6.58. The second kappa shape index (κ2) is 11.4. The molecule has 1 spiro atoms. The van der Waals surface area contributed by atoms with Crippen molar-refractivity contribution in [2.24, 2.45) is 11.8 Å². The van der Waals surface area contributed by atoms with Crippen LogP contribution in [0.4, 0.5) is 0 Å². The molecule has 3 heterocycles. The molecule has 6 atom stereocenters. The molecule has 3 aliphatic rings. The number of nitrogens with zero attached hydrogens (tertiary/aromatic N) is 2. The van der Waals surface area contributed by atoms with Gasteiger partial charge in [-0.2, -0.15) is 0 Å². The van der Waals surface area contributed by atoms with Crippen LogP contribution < -0.4 is 0 Å². The Bertz CT molecular complexity index is 1060. The SMILES string of the molecule is C=CCCCCOC(=O)[C@@H]1[C@H]2C(=O)N([C@H](C)CO)C(C(=O)N(CC=C)Cc3ccccc3)C23CC[C@@]1(C)O3. The van der Waals surface area contributed by atoms with Crippen LogP contribution in [0.3, 0.4) is 0 Å². The predicted molar refractivity (Wildman–Crippen MR) is 143 cm³/mol. The van der Waals surface area contributed by atoms with E-state index in [-0.39, 0.29) is 31.6 Å². The summed E-state index contributed by atoms with van der Waals surface area (Å²) in [5, 5.41) is 10.1. The zero-order chi connectivity index (χ0) is 27.5. The number of rotatable bonds is 13. The summed E-state index contributed by atoms with van der Waals surface area (Å²) in [6, 6.07) is 8.04. The van der Waals surface area contributed by atoms with E-state index >= 15 is 0 Å². The number of amides is 2. The standard InChI is InChI=1S/C30H40N2O6/c1-5-7-8-12-18-37-28(36)24-23-26(34)32(21(3)20-33)25(30(23)16-15-29(24,4)38-30)27(35)31(17-6-2)19-22-13-10-9-11-14-22/h5-6,9-11,13-14,21,23-25,33H,1-2,7-8,12,15-20H2,3-4H3/t21-,23+,24+,25?,29-,30?/m1/s1. The van der Waals surface area contributed by atoms with E-state index in [1.54, 1.807) is 17.9 Å². The maximum atomic E-state index is 14.3. The molecule has 2 unspecified atom stereocenters. The molecule has 0 radical (unpaired) electrons. The van der Waals surface area contributed by atoms with E-state index in [1.807, 2.05) is 43.3 Å². The van der Waals surface area contributed by atoms with E-state index in [9.17, 15) is 19.5 Å². The number of benzene rings is 1. The molecule has 38 heavy (non-hydrogen) atoms. The molecule has 3 aliphatic heterocycles. The van der Waals surface area contributed by atoms with Crippen LogP contribution in [0.1, 0.15) is 51.5 Å². The normalized spacial score (nSPS) is 30.1. The first-order chi connectivity index (χ1) is 18.2. The van der Waals surface area contributed by atoms with E-state index in [0.717, 1.165) is 18.4 Å². The number of hydrogen-bond acceptors (Lipinski definition) is 6. The lowest BCUT2D eigenvalue weighted by Gasteiger charge is -2.38. The lowest BCUT2D eigenvalue weighted by atomic mass is 9.66. The fraction of sp³-hybridized carbons (Fsp3) is 0.567. The van der Waals surface area contributed by atoms with Gasteiger partial charge in [-0.3, -0.25) is 14.4 Å². The topological polar surface area (TPSA) is 96.4 Å². The minimum Gasteiger partial charge on any atom is -0.465 e. The number of likely N-dealkylation sites (tertiary alicyclic amines) is 1. The van der Waals surface area contributed by atoms with Crippen molar-refractivity contribution in [3.05, 3.63) is 61.2 Å². The molecule has 8 nitrogen and oxygen atoms in total. The molecule has 1 aromatic carbocycles. The first-order valence-electron chi connectivity index (χ1n) is 13.6. The Morgan fingerprint density at radius 3 is 2.63 bits per heavy atom. The quantitative estimate of drug-likeness (QED) is 0.242. The summed E-state index contributed by atoms with van der Waals surface area (Å²) in [6.45, 7) is 11.7. The average Bonchev–Trinajstić information content (AvgIpc) is 3.48. The van der Waals surface area contributed by atoms with E-state index < -0.39 is 41.1 Å². The van der Waals surface area contributed by atoms with Crippen LogP contribution in [0.25, 0.3) is 0 Å². The minimum absolute atomic E-state index is 0.260. The van der Waals surface area contributed by atoms with Crippen LogP contribution in [0.2, 0.25) is 0 Å². The lowest BCUT2D eigenvalue weighted by Crippen LogP contribution is -2.58. The summed E-state index contributed by atoms with van der Waals surface area (Å²) in [6.07, 6.45) is 6.91. The molecule has 3 saturated heterocycles. The number of ether oxygens (including phenoxy) is 2. The maximum absolute atomic E-state index is 14.3. The Labute approximate surface area is 225 Å². The first-order valence-corrected chi connectivity index (χ1v) is 13.6. The highest BCUT2D eigenvalue weighted by atomic mass is 16.6. The number of allylic oxidation sites excluding steroid dienone is 1. The third kappa shape index (κ3) is 4.80. The van der Waals surface area contributed by atoms with Crippen molar-refractivity contribution < 1.29 is 29.0 Å². The Balaban J connectivity index is 1.66. The van der Waals surface area contributed by atoms with Crippen LogP contribution in [0.15, 0.2) is 55.6 Å². The second-order valence-electron chi connectivity index (χ2n) is 10.9. The second-order valence-corrected chi connectivity index (χ2v) is 10.9. The number of unbranched alkanes of at least 4 members (excludes halogenated alkanes) is 2. The number of aliphatic hydroxyl groups is 1. The number of esters is 1. The van der Waals surface area contributed by atoms with Crippen molar-refractivity contribution in [1.29, 1.82) is 0 Å². The summed E-state index contributed by atoms with van der Waals surface area (Å²) >= 11 is 0. The first kappa shape index (κ1) is 28.0. The van der Waals surface area contributed by atoms with E-state index in [4.69, 9.17) is 9.47 Å². The largest absolute Gasteiger partial charge is 0.465 e. The molecule has 3 fully saturated rings. The van der Waals surface area contributed by atoms with Gasteiger partial charge in [0, 0.05) is 13.1 Å². The van der Waals surface area contributed by atoms with Crippen LogP contribution in [-0.2, 0) is 30.4 Å². The molecule has 0 aromatic heterocycles. The molecule has 2 bridgehead atoms. The van der Waals surface area contributed by atoms with Crippen LogP contribution >= 0.6 is 0 Å². The molecule has 1 N–H and O–H groups in total. The fourth-order valence-electron chi connectivity index (χ4n) is 6.58. The number of carbonyl (C=O) groups excluding carboxylic acids is 3. The van der Waals surface area contributed by atoms with Gasteiger partial charge in [-0.1, -0.05) is 42.5 Å². The maximum Gasteiger partial charge on any atom is 0.312 e. The van der Waals surface area contributed by atoms with Crippen LogP contribution in [-0.4, -0.2) is 75.7 Å². The monoisotopic (exact) mass is 524 g/mol. The molecular weight excluding hydrogens is 484 g/mol. The van der Waals surface area contributed by atoms with E-state index in [1.165, 1.54) is 4.90 Å². The van der Waals surface area contributed by atoms with Crippen molar-refractivity contribution in [2.45, 2.75) is 75.8 Å². The van der Waals surface area contributed by atoms with Gasteiger partial charge in [0.15, 0.2) is 0 Å². The predicted octanol–water partition coefficient (Wildman–Crippen LogP) is 3.25. The Morgan fingerprint density at radius 2 is 1.97 bits per heavy atom. The van der Waals surface area contributed by atoms with Gasteiger partial charge in [-0.15, -0.1) is 13.2 Å². The van der Waals surface area contributed by atoms with Crippen LogP contribution in [0, 0.1) is 11.8 Å². The number of hydrogen-bond donors (Lipinski definition) is 1. The highest BCUT2D eigenvalue weighted by Gasteiger charge is 2.78. The zero-order valence-corrected chi connectivity index (χ0v) is 22.5. The Hall–Kier alpha value is -2.97. The van der Waals surface area contributed by atoms with Gasteiger partial charge in [-0.25, -0.2) is 0 Å². The van der Waals surface area contributed by atoms with Crippen molar-refractivity contribution in [2.75, 3.05) is 19.8 Å². The smallest absolute Gasteiger partial charge is 0.312 e. The third-order valence-electron chi connectivity index (χ3n) is 8.37. The third-order valence-corrected chi connectivity index (χ3v) is 8.37. The number of carbonyl (C=O) groups is 3. The molecular formula is C30H40N2O6. The van der Waals surface area contributed by atoms with Crippen molar-refractivity contribution >= 4 is 17.8 Å². The highest BCUT2D eigenvalue weighted by molar-refractivity contribution is 5.98. The van der Waals surface area contributed by atoms with Crippen molar-refractivity contribution in [1.82, 2.24) is 9.80 Å². The Kier molecular flexibility index (Phi) is 8.43. The summed E-state index contributed by atoms with van der Waals surface area (Å²) in [5.41, 5.74) is -1.10. The van der Waals surface area contributed by atoms with Gasteiger partial charge >= 0.3 is 5.97 Å². The molecule has 206 valence electrons. The van der Waals surface area contributed by atoms with Gasteiger partial charge in [-0.05, 0) is 51.5 Å². The number of fused-ring (bicyclic) bond motifs is 1. The van der Waals surface area contributed by atoms with Gasteiger partial charge in [0.25, 0.3) is 0 Å². The molecule has 2 amide bonds. The summed E-state index contributed by atoms with van der Waals surface area (Å²) in [5.74, 6) is -2.71. The van der Waals surface area contributed by atoms with Gasteiger partial charge < -0.3 is 24.4 Å². The number of aliphatic hydroxyl groups excluding tert-OH is 1. The van der Waals surface area contributed by atoms with Gasteiger partial charge in [0.2, 0.25) is 11.8 Å². The molecule has 8 heteroatoms. The average molecular weight is 525 g/mol. The Morgan fingerprint density at radius 1 is 1.24 bits per heavy atom. The minimum atomic E-state index is -1.16. The van der Waals surface area contributed by atoms with Crippen LogP contribution in [0.5, 0.6) is 0 Å². The molecule has 0 aliphatic carbocycles. The lowest BCUT2D eigenvalue weighted by molar-refractivity contribution is -0.162. The summed E-state index contributed by atoms with van der Waals surface area (Å²) in [7, 11) is 0. The van der Waals surface area contributed by atoms with E-state index in [2.05, 4.69) is 13.2 Å². The zero-order valence-electron chi connectivity index (χ0n) is 22.5. The van der Waals surface area contributed by atoms with E-state index in [0.29, 0.717) is 25.8 Å². The molecule has 0 saturated carbocycles. The molecule has 1 aromatic rings. The van der Waals surface area contributed by atoms with Gasteiger partial charge in [0.05, 0.1) is 30.8 Å². The van der Waals surface area contributed by atoms with Crippen molar-refractivity contribution in [3.63, 3.8) is 0 Å². The molecule has 4 rings (SSSR count). The summed E-state index contributed by atoms with van der Waals surface area (Å²) < 4.78 is 12.3. The summed E-state index contributed by atoms with van der Waals surface area (Å²) in [4.78, 5) is 44.9. The highest BCUT2D eigenvalue weighted by Crippen LogP contribution is 2.63. The van der Waals surface area contributed by atoms with Gasteiger partial charge in [0.1, 0.15) is 17.6 Å².